The maximum atomic E-state index is 5.96. The molecular formula is C25H63N11. The van der Waals surface area contributed by atoms with Crippen molar-refractivity contribution in [1.82, 2.24) is 24.9 Å². The number of hydrogen-bond acceptors (Lipinski definition) is 11. The van der Waals surface area contributed by atoms with Gasteiger partial charge >= 0.3 is 0 Å². The minimum Gasteiger partial charge on any atom is -0.330 e. The molecule has 0 aliphatic rings. The molecule has 0 fully saturated rings. The first-order valence-corrected chi connectivity index (χ1v) is 13.9. The molecule has 11 heteroatoms. The number of nitrogens with two attached hydrogens (primary N) is 6. The van der Waals surface area contributed by atoms with Crippen molar-refractivity contribution in [1.29, 1.82) is 0 Å². The van der Waals surface area contributed by atoms with Crippen LogP contribution in [0.2, 0.25) is 0 Å². The van der Waals surface area contributed by atoms with E-state index in [4.69, 9.17) is 34.4 Å². The highest BCUT2D eigenvalue weighted by atomic mass is 15.2. The summed E-state index contributed by atoms with van der Waals surface area (Å²) in [5.74, 6) is 0. The smallest absolute Gasteiger partial charge is 0.0276 e. The van der Waals surface area contributed by atoms with Crippen molar-refractivity contribution in [2.45, 2.75) is 33.2 Å². The van der Waals surface area contributed by atoms with E-state index in [1.165, 1.54) is 0 Å². The molecule has 0 aromatic heterocycles. The summed E-state index contributed by atoms with van der Waals surface area (Å²) < 4.78 is 0. The Morgan fingerprint density at radius 3 is 1.42 bits per heavy atom. The average molecular weight is 518 g/mol. The SMILES string of the molecule is CC(C)(CN)CN(CCN)CCN(CCN)CCN(CCN)CCNCCN(CCN)C(C)(C)CN. The molecule has 0 unspecified atom stereocenters. The van der Waals surface area contributed by atoms with Gasteiger partial charge in [-0.05, 0) is 25.8 Å². The second kappa shape index (κ2) is 20.5. The van der Waals surface area contributed by atoms with E-state index in [-0.39, 0.29) is 11.0 Å². The maximum Gasteiger partial charge on any atom is 0.0276 e. The first-order valence-electron chi connectivity index (χ1n) is 13.9. The Morgan fingerprint density at radius 2 is 0.944 bits per heavy atom. The van der Waals surface area contributed by atoms with Gasteiger partial charge in [-0.3, -0.25) is 14.7 Å². The van der Waals surface area contributed by atoms with Gasteiger partial charge in [-0.1, -0.05) is 13.8 Å². The molecule has 0 aliphatic heterocycles. The van der Waals surface area contributed by atoms with E-state index in [0.717, 1.165) is 85.1 Å². The predicted octanol–water partition coefficient (Wildman–Crippen LogP) is -2.66. The van der Waals surface area contributed by atoms with Crippen LogP contribution in [0.25, 0.3) is 0 Å². The lowest BCUT2D eigenvalue weighted by Gasteiger charge is -2.37. The van der Waals surface area contributed by atoms with E-state index in [2.05, 4.69) is 52.6 Å². The van der Waals surface area contributed by atoms with Gasteiger partial charge in [0.2, 0.25) is 0 Å². The summed E-state index contributed by atoms with van der Waals surface area (Å²) in [6.07, 6.45) is 0. The molecule has 0 bridgehead atoms. The third kappa shape index (κ3) is 16.4. The quantitative estimate of drug-likeness (QED) is 0.0628. The summed E-state index contributed by atoms with van der Waals surface area (Å²) >= 11 is 0. The molecule has 0 saturated carbocycles. The second-order valence-electron chi connectivity index (χ2n) is 11.2. The van der Waals surface area contributed by atoms with Gasteiger partial charge in [0.25, 0.3) is 0 Å². The zero-order chi connectivity index (χ0) is 27.5. The van der Waals surface area contributed by atoms with Gasteiger partial charge in [0.05, 0.1) is 0 Å². The first-order chi connectivity index (χ1) is 17.1. The third-order valence-corrected chi connectivity index (χ3v) is 6.92. The number of rotatable bonds is 25. The molecule has 13 N–H and O–H groups in total. The van der Waals surface area contributed by atoms with Crippen LogP contribution in [0.1, 0.15) is 27.7 Å². The first kappa shape index (κ1) is 35.6. The van der Waals surface area contributed by atoms with Crippen LogP contribution in [0.3, 0.4) is 0 Å². The molecule has 0 aromatic carbocycles. The molecule has 0 atom stereocenters. The lowest BCUT2D eigenvalue weighted by Crippen LogP contribution is -2.53. The van der Waals surface area contributed by atoms with Crippen molar-refractivity contribution in [2.24, 2.45) is 39.8 Å². The van der Waals surface area contributed by atoms with E-state index in [0.29, 0.717) is 39.3 Å². The number of nitrogens with one attached hydrogen (secondary N) is 1. The highest BCUT2D eigenvalue weighted by molar-refractivity contribution is 4.83. The second-order valence-corrected chi connectivity index (χ2v) is 11.2. The molecule has 0 amide bonds. The standard InChI is InChI=1S/C25H63N11/c1-24(2,21-30)23-35(13-7-28)20-19-34(12-6-27)18-17-33(11-5-26)15-9-32-10-16-36(14-8-29)25(3,4)22-31/h32H,5-23,26-31H2,1-4H3. The Labute approximate surface area is 222 Å². The van der Waals surface area contributed by atoms with Crippen LogP contribution in [0.15, 0.2) is 0 Å². The molecule has 0 spiro atoms. The molecule has 0 saturated heterocycles. The fraction of sp³-hybridized carbons (Fsp3) is 1.00. The molecule has 0 radical (unpaired) electrons. The van der Waals surface area contributed by atoms with E-state index < -0.39 is 0 Å². The largest absolute Gasteiger partial charge is 0.330 e. The topological polar surface area (TPSA) is 181 Å². The normalized spacial score (nSPS) is 13.2. The summed E-state index contributed by atoms with van der Waals surface area (Å²) in [5, 5.41) is 3.59. The summed E-state index contributed by atoms with van der Waals surface area (Å²) in [6, 6.07) is 0. The van der Waals surface area contributed by atoms with Crippen LogP contribution >= 0.6 is 0 Å². The molecule has 0 aliphatic carbocycles. The zero-order valence-electron chi connectivity index (χ0n) is 24.2. The Kier molecular flexibility index (Phi) is 20.3. The van der Waals surface area contributed by atoms with Gasteiger partial charge in [-0.25, -0.2) is 0 Å². The van der Waals surface area contributed by atoms with Crippen LogP contribution < -0.4 is 39.7 Å². The lowest BCUT2D eigenvalue weighted by atomic mass is 9.93. The Hall–Kier alpha value is -0.440. The number of nitrogens with zero attached hydrogens (tertiary/aromatic N) is 4. The van der Waals surface area contributed by atoms with Gasteiger partial charge in [0.15, 0.2) is 0 Å². The minimum absolute atomic E-state index is 0.0428. The molecule has 11 nitrogen and oxygen atoms in total. The Balaban J connectivity index is 4.62. The molecule has 0 aromatic rings. The summed E-state index contributed by atoms with van der Waals surface area (Å²) in [5.41, 5.74) is 35.5. The van der Waals surface area contributed by atoms with Crippen LogP contribution in [0, 0.1) is 5.41 Å². The Bertz CT molecular complexity index is 504. The molecule has 0 rings (SSSR count). The highest BCUT2D eigenvalue weighted by Crippen LogP contribution is 2.14. The van der Waals surface area contributed by atoms with E-state index >= 15 is 0 Å². The number of hydrogen-bond donors (Lipinski definition) is 7. The van der Waals surface area contributed by atoms with Gasteiger partial charge in [-0.15, -0.1) is 0 Å². The van der Waals surface area contributed by atoms with Gasteiger partial charge < -0.3 is 44.6 Å². The van der Waals surface area contributed by atoms with Crippen molar-refractivity contribution in [3.63, 3.8) is 0 Å². The zero-order valence-corrected chi connectivity index (χ0v) is 24.2. The van der Waals surface area contributed by atoms with E-state index in [9.17, 15) is 0 Å². The molecular weight excluding hydrogens is 454 g/mol. The van der Waals surface area contributed by atoms with Crippen molar-refractivity contribution < 1.29 is 0 Å². The van der Waals surface area contributed by atoms with Crippen LogP contribution in [-0.2, 0) is 0 Å². The summed E-state index contributed by atoms with van der Waals surface area (Å²) in [4.78, 5) is 9.69. The Morgan fingerprint density at radius 1 is 0.500 bits per heavy atom. The fourth-order valence-corrected chi connectivity index (χ4v) is 4.30. The highest BCUT2D eigenvalue weighted by Gasteiger charge is 2.24. The summed E-state index contributed by atoms with van der Waals surface area (Å²) in [7, 11) is 0. The van der Waals surface area contributed by atoms with Crippen molar-refractivity contribution in [3.8, 4) is 0 Å². The maximum absolute atomic E-state index is 5.96. The van der Waals surface area contributed by atoms with E-state index in [1.54, 1.807) is 0 Å². The molecule has 218 valence electrons. The van der Waals surface area contributed by atoms with Crippen molar-refractivity contribution in [2.75, 3.05) is 124 Å². The summed E-state index contributed by atoms with van der Waals surface area (Å²) in [6.45, 7) is 24.8. The van der Waals surface area contributed by atoms with Crippen molar-refractivity contribution in [3.05, 3.63) is 0 Å². The van der Waals surface area contributed by atoms with Crippen molar-refractivity contribution >= 4 is 0 Å². The van der Waals surface area contributed by atoms with E-state index in [1.807, 2.05) is 0 Å². The van der Waals surface area contributed by atoms with Gasteiger partial charge in [0, 0.05) is 123 Å². The van der Waals surface area contributed by atoms with Crippen LogP contribution in [0.5, 0.6) is 0 Å². The fourth-order valence-electron chi connectivity index (χ4n) is 4.30. The van der Waals surface area contributed by atoms with Gasteiger partial charge in [0.1, 0.15) is 0 Å². The minimum atomic E-state index is -0.0428. The van der Waals surface area contributed by atoms with Crippen LogP contribution in [0.4, 0.5) is 0 Å². The average Bonchev–Trinajstić information content (AvgIpc) is 2.84. The van der Waals surface area contributed by atoms with Crippen LogP contribution in [-0.4, -0.2) is 149 Å². The molecule has 36 heavy (non-hydrogen) atoms. The molecule has 0 heterocycles. The third-order valence-electron chi connectivity index (χ3n) is 6.92. The van der Waals surface area contributed by atoms with Gasteiger partial charge in [-0.2, -0.15) is 0 Å². The monoisotopic (exact) mass is 518 g/mol. The lowest BCUT2D eigenvalue weighted by molar-refractivity contribution is 0.131. The predicted molar refractivity (Wildman–Crippen MR) is 156 cm³/mol.